The average Bonchev–Trinajstić information content (AvgIpc) is 2.59. The van der Waals surface area contributed by atoms with Crippen LogP contribution in [0.2, 0.25) is 0 Å². The number of carbonyl (C=O) groups is 1. The maximum absolute atomic E-state index is 12.6. The molecule has 0 N–H and O–H groups in total. The zero-order valence-corrected chi connectivity index (χ0v) is 12.9. The highest BCUT2D eigenvalue weighted by Crippen LogP contribution is 2.25. The van der Waals surface area contributed by atoms with Crippen molar-refractivity contribution >= 4 is 17.6 Å². The molecule has 0 unspecified atom stereocenters. The summed E-state index contributed by atoms with van der Waals surface area (Å²) in [4.78, 5) is 17.6. The van der Waals surface area contributed by atoms with Crippen LogP contribution in [0.15, 0.2) is 54.6 Å². The second-order valence-electron chi connectivity index (χ2n) is 4.65. The van der Waals surface area contributed by atoms with Crippen LogP contribution in [0.1, 0.15) is 11.1 Å². The SMILES string of the molecule is COc1ccccc1/C=C(\C(=O)N(C)OC)c1ccccc1. The van der Waals surface area contributed by atoms with Crippen molar-refractivity contribution < 1.29 is 14.4 Å². The fourth-order valence-corrected chi connectivity index (χ4v) is 2.08. The minimum Gasteiger partial charge on any atom is -0.496 e. The van der Waals surface area contributed by atoms with Gasteiger partial charge in [-0.05, 0) is 17.7 Å². The Balaban J connectivity index is 2.53. The first kappa shape index (κ1) is 15.8. The standard InChI is InChI=1S/C18H19NO3/c1-19(22-3)18(20)16(14-9-5-4-6-10-14)13-15-11-7-8-12-17(15)21-2/h4-13H,1-3H3/b16-13-. The molecule has 0 spiro atoms. The van der Waals surface area contributed by atoms with Crippen LogP contribution in [0.3, 0.4) is 0 Å². The van der Waals surface area contributed by atoms with Gasteiger partial charge in [0, 0.05) is 18.2 Å². The Morgan fingerprint density at radius 1 is 1.00 bits per heavy atom. The third-order valence-corrected chi connectivity index (χ3v) is 3.31. The summed E-state index contributed by atoms with van der Waals surface area (Å²) in [6, 6.07) is 17.0. The number of amides is 1. The minimum absolute atomic E-state index is 0.223. The fourth-order valence-electron chi connectivity index (χ4n) is 2.08. The molecular formula is C18H19NO3. The van der Waals surface area contributed by atoms with E-state index in [4.69, 9.17) is 9.57 Å². The number of benzene rings is 2. The lowest BCUT2D eigenvalue weighted by Gasteiger charge is -2.17. The lowest BCUT2D eigenvalue weighted by atomic mass is 10.0. The Hall–Kier alpha value is -2.59. The highest BCUT2D eigenvalue weighted by atomic mass is 16.7. The van der Waals surface area contributed by atoms with E-state index >= 15 is 0 Å². The second-order valence-corrected chi connectivity index (χ2v) is 4.65. The lowest BCUT2D eigenvalue weighted by Crippen LogP contribution is -2.26. The Morgan fingerprint density at radius 3 is 2.27 bits per heavy atom. The molecule has 0 heterocycles. The van der Waals surface area contributed by atoms with E-state index in [1.54, 1.807) is 14.2 Å². The minimum atomic E-state index is -0.223. The summed E-state index contributed by atoms with van der Waals surface area (Å²) in [5.74, 6) is 0.489. The highest BCUT2D eigenvalue weighted by Gasteiger charge is 2.17. The van der Waals surface area contributed by atoms with Gasteiger partial charge >= 0.3 is 0 Å². The van der Waals surface area contributed by atoms with Crippen molar-refractivity contribution in [1.82, 2.24) is 5.06 Å². The van der Waals surface area contributed by atoms with E-state index in [1.165, 1.54) is 12.2 Å². The fraction of sp³-hybridized carbons (Fsp3) is 0.167. The zero-order valence-electron chi connectivity index (χ0n) is 12.9. The second kappa shape index (κ2) is 7.43. The van der Waals surface area contributed by atoms with Crippen LogP contribution in [0.5, 0.6) is 5.75 Å². The predicted octanol–water partition coefficient (Wildman–Crippen LogP) is 3.26. The van der Waals surface area contributed by atoms with E-state index in [2.05, 4.69) is 0 Å². The number of likely N-dealkylation sites (N-methyl/N-ethyl adjacent to an activating group) is 1. The number of hydrogen-bond donors (Lipinski definition) is 0. The van der Waals surface area contributed by atoms with Gasteiger partial charge in [-0.15, -0.1) is 0 Å². The Kier molecular flexibility index (Phi) is 5.33. The molecule has 2 aromatic carbocycles. The zero-order chi connectivity index (χ0) is 15.9. The quantitative estimate of drug-likeness (QED) is 0.483. The largest absolute Gasteiger partial charge is 0.496 e. The molecule has 0 radical (unpaired) electrons. The summed E-state index contributed by atoms with van der Waals surface area (Å²) < 4.78 is 5.35. The van der Waals surface area contributed by atoms with Crippen molar-refractivity contribution in [3.8, 4) is 5.75 Å². The highest BCUT2D eigenvalue weighted by molar-refractivity contribution is 6.23. The lowest BCUT2D eigenvalue weighted by molar-refractivity contribution is -0.161. The molecule has 0 aliphatic heterocycles. The molecule has 0 aromatic heterocycles. The Morgan fingerprint density at radius 2 is 1.64 bits per heavy atom. The van der Waals surface area contributed by atoms with E-state index in [-0.39, 0.29) is 5.91 Å². The molecule has 114 valence electrons. The van der Waals surface area contributed by atoms with Crippen LogP contribution >= 0.6 is 0 Å². The number of ether oxygens (including phenoxy) is 1. The van der Waals surface area contributed by atoms with Gasteiger partial charge in [-0.1, -0.05) is 48.5 Å². The van der Waals surface area contributed by atoms with Gasteiger partial charge in [0.15, 0.2) is 0 Å². The summed E-state index contributed by atoms with van der Waals surface area (Å²) in [5, 5.41) is 1.20. The molecule has 0 atom stereocenters. The van der Waals surface area contributed by atoms with Crippen molar-refractivity contribution in [2.45, 2.75) is 0 Å². The van der Waals surface area contributed by atoms with Crippen LogP contribution in [0, 0.1) is 0 Å². The number of hydrogen-bond acceptors (Lipinski definition) is 3. The first-order chi connectivity index (χ1) is 10.7. The first-order valence-corrected chi connectivity index (χ1v) is 6.89. The third kappa shape index (κ3) is 3.54. The van der Waals surface area contributed by atoms with E-state index in [0.29, 0.717) is 11.3 Å². The molecule has 4 nitrogen and oxygen atoms in total. The molecular weight excluding hydrogens is 278 g/mol. The van der Waals surface area contributed by atoms with Gasteiger partial charge < -0.3 is 4.74 Å². The Bertz CT molecular complexity index is 665. The van der Waals surface area contributed by atoms with E-state index in [0.717, 1.165) is 11.1 Å². The van der Waals surface area contributed by atoms with Crippen molar-refractivity contribution in [3.63, 3.8) is 0 Å². The maximum atomic E-state index is 12.6. The van der Waals surface area contributed by atoms with Gasteiger partial charge in [0.1, 0.15) is 5.75 Å². The molecule has 0 aliphatic carbocycles. The molecule has 2 rings (SSSR count). The van der Waals surface area contributed by atoms with Crippen LogP contribution < -0.4 is 4.74 Å². The summed E-state index contributed by atoms with van der Waals surface area (Å²) in [7, 11) is 4.66. The molecule has 0 bridgehead atoms. The number of carbonyl (C=O) groups excluding carboxylic acids is 1. The first-order valence-electron chi connectivity index (χ1n) is 6.89. The number of hydroxylamine groups is 2. The number of methoxy groups -OCH3 is 1. The number of rotatable bonds is 5. The predicted molar refractivity (Wildman–Crippen MR) is 87.1 cm³/mol. The van der Waals surface area contributed by atoms with Crippen molar-refractivity contribution in [2.24, 2.45) is 0 Å². The van der Waals surface area contributed by atoms with Gasteiger partial charge in [0.25, 0.3) is 5.91 Å². The smallest absolute Gasteiger partial charge is 0.277 e. The molecule has 1 amide bonds. The van der Waals surface area contributed by atoms with E-state index in [9.17, 15) is 4.79 Å². The van der Waals surface area contributed by atoms with Gasteiger partial charge in [-0.2, -0.15) is 0 Å². The molecule has 0 fully saturated rings. The van der Waals surface area contributed by atoms with Gasteiger partial charge in [-0.25, -0.2) is 5.06 Å². The molecule has 22 heavy (non-hydrogen) atoms. The van der Waals surface area contributed by atoms with Gasteiger partial charge in [0.05, 0.1) is 14.2 Å². The monoisotopic (exact) mass is 297 g/mol. The van der Waals surface area contributed by atoms with Crippen LogP contribution in [-0.4, -0.2) is 32.2 Å². The molecule has 0 saturated heterocycles. The van der Waals surface area contributed by atoms with Crippen LogP contribution in [0.4, 0.5) is 0 Å². The summed E-state index contributed by atoms with van der Waals surface area (Å²) >= 11 is 0. The molecule has 0 saturated carbocycles. The van der Waals surface area contributed by atoms with Gasteiger partial charge in [0.2, 0.25) is 0 Å². The van der Waals surface area contributed by atoms with Crippen molar-refractivity contribution in [2.75, 3.05) is 21.3 Å². The summed E-state index contributed by atoms with van der Waals surface area (Å²) in [6.07, 6.45) is 1.81. The number of nitrogens with zero attached hydrogens (tertiary/aromatic N) is 1. The average molecular weight is 297 g/mol. The third-order valence-electron chi connectivity index (χ3n) is 3.31. The normalized spacial score (nSPS) is 11.1. The Labute approximate surface area is 130 Å². The van der Waals surface area contributed by atoms with Crippen molar-refractivity contribution in [3.05, 3.63) is 65.7 Å². The van der Waals surface area contributed by atoms with Crippen LogP contribution in [0.25, 0.3) is 11.6 Å². The molecule has 0 aliphatic rings. The summed E-state index contributed by atoms with van der Waals surface area (Å²) in [5.41, 5.74) is 2.19. The summed E-state index contributed by atoms with van der Waals surface area (Å²) in [6.45, 7) is 0. The van der Waals surface area contributed by atoms with E-state index < -0.39 is 0 Å². The van der Waals surface area contributed by atoms with Gasteiger partial charge in [-0.3, -0.25) is 9.63 Å². The number of para-hydroxylation sites is 1. The van der Waals surface area contributed by atoms with Crippen LogP contribution in [-0.2, 0) is 9.63 Å². The van der Waals surface area contributed by atoms with E-state index in [1.807, 2.05) is 60.7 Å². The topological polar surface area (TPSA) is 38.8 Å². The molecule has 2 aromatic rings. The molecule has 4 heteroatoms. The van der Waals surface area contributed by atoms with Crippen molar-refractivity contribution in [1.29, 1.82) is 0 Å². The maximum Gasteiger partial charge on any atom is 0.277 e.